The SMILES string of the molecule is O=c1ccc(=O)n(C23CC4CC(CC(C4)C2)C3)[nH]1. The van der Waals surface area contributed by atoms with Crippen LogP contribution >= 0.6 is 0 Å². The zero-order valence-electron chi connectivity index (χ0n) is 10.4. The quantitative estimate of drug-likeness (QED) is 0.815. The van der Waals surface area contributed by atoms with Crippen molar-refractivity contribution >= 4 is 0 Å². The summed E-state index contributed by atoms with van der Waals surface area (Å²) in [5.41, 5.74) is -0.284. The van der Waals surface area contributed by atoms with E-state index < -0.39 is 0 Å². The van der Waals surface area contributed by atoms with E-state index in [0.717, 1.165) is 37.0 Å². The van der Waals surface area contributed by atoms with Crippen molar-refractivity contribution in [1.82, 2.24) is 9.78 Å². The Morgan fingerprint density at radius 2 is 1.56 bits per heavy atom. The lowest BCUT2D eigenvalue weighted by molar-refractivity contribution is -0.0522. The Labute approximate surface area is 105 Å². The minimum absolute atomic E-state index is 0.0449. The lowest BCUT2D eigenvalue weighted by atomic mass is 9.53. The van der Waals surface area contributed by atoms with Gasteiger partial charge in [0.05, 0.1) is 5.54 Å². The van der Waals surface area contributed by atoms with Crippen LogP contribution in [0.15, 0.2) is 21.7 Å². The molecule has 4 aliphatic rings. The van der Waals surface area contributed by atoms with E-state index in [1.165, 1.54) is 31.4 Å². The third-order valence-electron chi connectivity index (χ3n) is 5.30. The third-order valence-corrected chi connectivity index (χ3v) is 5.30. The Hall–Kier alpha value is -1.32. The first-order chi connectivity index (χ1) is 8.64. The molecule has 1 N–H and O–H groups in total. The second kappa shape index (κ2) is 3.37. The summed E-state index contributed by atoms with van der Waals surface area (Å²) in [5, 5.41) is 2.78. The first-order valence-electron chi connectivity index (χ1n) is 6.97. The second-order valence-corrected chi connectivity index (χ2v) is 6.62. The zero-order chi connectivity index (χ0) is 12.3. The van der Waals surface area contributed by atoms with Crippen LogP contribution in [0.3, 0.4) is 0 Å². The van der Waals surface area contributed by atoms with Gasteiger partial charge in [-0.2, -0.15) is 0 Å². The van der Waals surface area contributed by atoms with Crippen LogP contribution in [0.2, 0.25) is 0 Å². The Morgan fingerprint density at radius 3 is 2.11 bits per heavy atom. The fourth-order valence-corrected chi connectivity index (χ4v) is 5.12. The number of H-pyrrole nitrogens is 1. The van der Waals surface area contributed by atoms with Crippen molar-refractivity contribution in [1.29, 1.82) is 0 Å². The summed E-state index contributed by atoms with van der Waals surface area (Å²) in [7, 11) is 0. The molecule has 5 rings (SSSR count). The molecule has 4 nitrogen and oxygen atoms in total. The molecule has 1 heterocycles. The molecule has 4 aliphatic carbocycles. The van der Waals surface area contributed by atoms with E-state index in [2.05, 4.69) is 5.10 Å². The largest absolute Gasteiger partial charge is 0.268 e. The van der Waals surface area contributed by atoms with Gasteiger partial charge in [0, 0.05) is 12.1 Å². The van der Waals surface area contributed by atoms with Crippen molar-refractivity contribution in [2.45, 2.75) is 44.1 Å². The number of aromatic nitrogens is 2. The van der Waals surface area contributed by atoms with Crippen LogP contribution < -0.4 is 11.1 Å². The lowest BCUT2D eigenvalue weighted by Crippen LogP contribution is -2.56. The number of nitrogens with zero attached hydrogens (tertiary/aromatic N) is 1. The maximum atomic E-state index is 12.1. The van der Waals surface area contributed by atoms with E-state index in [9.17, 15) is 9.59 Å². The number of nitrogens with one attached hydrogen (secondary N) is 1. The molecule has 4 heteroatoms. The molecule has 0 atom stereocenters. The van der Waals surface area contributed by atoms with Gasteiger partial charge in [0.2, 0.25) is 0 Å². The predicted octanol–water partition coefficient (Wildman–Crippen LogP) is 1.46. The van der Waals surface area contributed by atoms with Crippen LogP contribution in [0.25, 0.3) is 0 Å². The van der Waals surface area contributed by atoms with Crippen LogP contribution in [0.5, 0.6) is 0 Å². The van der Waals surface area contributed by atoms with Crippen molar-refractivity contribution in [3.63, 3.8) is 0 Å². The van der Waals surface area contributed by atoms with Crippen molar-refractivity contribution in [2.24, 2.45) is 17.8 Å². The van der Waals surface area contributed by atoms with Crippen molar-refractivity contribution in [3.8, 4) is 0 Å². The average molecular weight is 246 g/mol. The summed E-state index contributed by atoms with van der Waals surface area (Å²) >= 11 is 0. The summed E-state index contributed by atoms with van der Waals surface area (Å²) < 4.78 is 1.67. The summed E-state index contributed by atoms with van der Waals surface area (Å²) in [6.45, 7) is 0. The second-order valence-electron chi connectivity index (χ2n) is 6.62. The van der Waals surface area contributed by atoms with Crippen molar-refractivity contribution in [3.05, 3.63) is 32.8 Å². The third kappa shape index (κ3) is 1.38. The molecule has 0 amide bonds. The van der Waals surface area contributed by atoms with Gasteiger partial charge in [-0.15, -0.1) is 0 Å². The summed E-state index contributed by atoms with van der Waals surface area (Å²) in [6, 6.07) is 2.75. The maximum absolute atomic E-state index is 12.1. The first-order valence-corrected chi connectivity index (χ1v) is 6.97. The van der Waals surface area contributed by atoms with E-state index in [-0.39, 0.29) is 16.7 Å². The standard InChI is InChI=1S/C14H18N2O2/c17-12-1-2-13(18)16(15-12)14-6-9-3-10(7-14)5-11(4-9)8-14/h1-2,9-11H,3-8H2,(H,15,17). The summed E-state index contributed by atoms with van der Waals surface area (Å²) in [4.78, 5) is 23.6. The number of aromatic amines is 1. The summed E-state index contributed by atoms with van der Waals surface area (Å²) in [5.74, 6) is 2.31. The van der Waals surface area contributed by atoms with Gasteiger partial charge >= 0.3 is 0 Å². The monoisotopic (exact) mass is 246 g/mol. The van der Waals surface area contributed by atoms with Gasteiger partial charge in [0.1, 0.15) is 0 Å². The van der Waals surface area contributed by atoms with E-state index >= 15 is 0 Å². The van der Waals surface area contributed by atoms with Crippen molar-refractivity contribution in [2.75, 3.05) is 0 Å². The van der Waals surface area contributed by atoms with Gasteiger partial charge in [-0.3, -0.25) is 14.7 Å². The zero-order valence-corrected chi connectivity index (χ0v) is 10.4. The van der Waals surface area contributed by atoms with E-state index in [1.807, 2.05) is 0 Å². The normalized spacial score (nSPS) is 41.2. The Morgan fingerprint density at radius 1 is 1.00 bits per heavy atom. The van der Waals surface area contributed by atoms with E-state index in [1.54, 1.807) is 4.68 Å². The molecule has 1 aromatic heterocycles. The smallest absolute Gasteiger partial charge is 0.265 e. The molecule has 0 aromatic carbocycles. The molecule has 4 fully saturated rings. The minimum atomic E-state index is -0.162. The molecule has 18 heavy (non-hydrogen) atoms. The molecule has 4 saturated carbocycles. The highest BCUT2D eigenvalue weighted by atomic mass is 16.2. The summed E-state index contributed by atoms with van der Waals surface area (Å²) in [6.07, 6.45) is 7.26. The Bertz CT molecular complexity index is 563. The molecule has 96 valence electrons. The molecule has 0 radical (unpaired) electrons. The molecule has 0 spiro atoms. The van der Waals surface area contributed by atoms with Crippen LogP contribution in [-0.2, 0) is 5.54 Å². The fraction of sp³-hybridized carbons (Fsp3) is 0.714. The van der Waals surface area contributed by atoms with Crippen LogP contribution in [0.1, 0.15) is 38.5 Å². The molecular weight excluding hydrogens is 228 g/mol. The Kier molecular flexibility index (Phi) is 1.98. The minimum Gasteiger partial charge on any atom is -0.268 e. The molecule has 4 bridgehead atoms. The lowest BCUT2D eigenvalue weighted by Gasteiger charge is -2.56. The molecule has 0 unspecified atom stereocenters. The average Bonchev–Trinajstić information content (AvgIpc) is 2.30. The maximum Gasteiger partial charge on any atom is 0.265 e. The fourth-order valence-electron chi connectivity index (χ4n) is 5.12. The van der Waals surface area contributed by atoms with Gasteiger partial charge < -0.3 is 0 Å². The highest BCUT2D eigenvalue weighted by Gasteiger charge is 2.52. The predicted molar refractivity (Wildman–Crippen MR) is 67.5 cm³/mol. The highest BCUT2D eigenvalue weighted by Crippen LogP contribution is 2.58. The molecule has 0 aliphatic heterocycles. The number of hydrogen-bond acceptors (Lipinski definition) is 2. The number of hydrogen-bond donors (Lipinski definition) is 1. The highest BCUT2D eigenvalue weighted by molar-refractivity contribution is 5.05. The van der Waals surface area contributed by atoms with Gasteiger partial charge in [0.15, 0.2) is 0 Å². The molecule has 1 aromatic rings. The van der Waals surface area contributed by atoms with Crippen LogP contribution in [0, 0.1) is 17.8 Å². The Balaban J connectivity index is 1.86. The molecule has 0 saturated heterocycles. The van der Waals surface area contributed by atoms with Gasteiger partial charge in [0.25, 0.3) is 11.1 Å². The van der Waals surface area contributed by atoms with Crippen LogP contribution in [0.4, 0.5) is 0 Å². The van der Waals surface area contributed by atoms with Gasteiger partial charge in [-0.1, -0.05) is 0 Å². The van der Waals surface area contributed by atoms with E-state index in [0.29, 0.717) is 0 Å². The molecular formula is C14H18N2O2. The first kappa shape index (κ1) is 10.6. The van der Waals surface area contributed by atoms with Crippen molar-refractivity contribution < 1.29 is 0 Å². The van der Waals surface area contributed by atoms with Crippen LogP contribution in [-0.4, -0.2) is 9.78 Å². The van der Waals surface area contributed by atoms with Gasteiger partial charge in [-0.05, 0) is 56.3 Å². The number of rotatable bonds is 1. The van der Waals surface area contributed by atoms with Gasteiger partial charge in [-0.25, -0.2) is 4.68 Å². The topological polar surface area (TPSA) is 54.9 Å². The van der Waals surface area contributed by atoms with E-state index in [4.69, 9.17) is 0 Å².